The van der Waals surface area contributed by atoms with Gasteiger partial charge in [-0.3, -0.25) is 4.79 Å². The number of pyridine rings is 1. The molecule has 22 heavy (non-hydrogen) atoms. The van der Waals surface area contributed by atoms with E-state index in [1.165, 1.54) is 6.20 Å². The molecule has 1 aromatic heterocycles. The normalized spacial score (nSPS) is 14.3. The lowest BCUT2D eigenvalue weighted by Gasteiger charge is -2.27. The topological polar surface area (TPSA) is 59.3 Å². The Morgan fingerprint density at radius 2 is 1.77 bits per heavy atom. The zero-order valence-electron chi connectivity index (χ0n) is 12.1. The molecule has 0 spiro atoms. The summed E-state index contributed by atoms with van der Waals surface area (Å²) in [5.74, 6) is 0.0473. The van der Waals surface area contributed by atoms with E-state index in [9.17, 15) is 10.0 Å². The van der Waals surface area contributed by atoms with Crippen molar-refractivity contribution in [2.24, 2.45) is 0 Å². The fourth-order valence-electron chi connectivity index (χ4n) is 2.49. The number of piperazine rings is 1. The van der Waals surface area contributed by atoms with Gasteiger partial charge in [-0.25, -0.2) is 0 Å². The lowest BCUT2D eigenvalue weighted by atomic mass is 10.1. The molecule has 0 atom stereocenters. The van der Waals surface area contributed by atoms with Gasteiger partial charge in [-0.2, -0.15) is 4.73 Å². The molecule has 1 aliphatic rings. The number of nitrogens with zero attached hydrogens (tertiary/aromatic N) is 2. The van der Waals surface area contributed by atoms with Crippen molar-refractivity contribution in [3.8, 4) is 11.3 Å². The van der Waals surface area contributed by atoms with E-state index in [1.807, 2.05) is 23.1 Å². The first-order chi connectivity index (χ1) is 10.3. The Hall–Kier alpha value is -2.11. The number of carbonyl (C=O) groups excluding carboxylic acids is 1. The van der Waals surface area contributed by atoms with Crippen molar-refractivity contribution in [3.63, 3.8) is 0 Å². The van der Waals surface area contributed by atoms with Crippen LogP contribution in [-0.2, 0) is 0 Å². The van der Waals surface area contributed by atoms with Gasteiger partial charge in [0.25, 0.3) is 5.91 Å². The van der Waals surface area contributed by atoms with E-state index >= 15 is 0 Å². The van der Waals surface area contributed by atoms with Crippen LogP contribution in [0.25, 0.3) is 11.3 Å². The number of aromatic nitrogens is 1. The molecule has 0 unspecified atom stereocenters. The van der Waals surface area contributed by atoms with Crippen LogP contribution in [0.3, 0.4) is 0 Å². The summed E-state index contributed by atoms with van der Waals surface area (Å²) in [5.41, 5.74) is 2.05. The largest absolute Gasteiger partial charge is 0.618 e. The van der Waals surface area contributed by atoms with Crippen LogP contribution in [0.4, 0.5) is 0 Å². The Labute approximate surface area is 135 Å². The molecule has 1 amide bonds. The van der Waals surface area contributed by atoms with Crippen molar-refractivity contribution in [1.82, 2.24) is 10.2 Å². The number of rotatable bonds is 2. The van der Waals surface area contributed by atoms with E-state index in [0.29, 0.717) is 11.3 Å². The molecule has 5 nitrogen and oxygen atoms in total. The average molecular weight is 320 g/mol. The maximum absolute atomic E-state index is 12.3. The Bertz CT molecular complexity index is 640. The van der Waals surface area contributed by atoms with Crippen LogP contribution in [0.5, 0.6) is 0 Å². The minimum Gasteiger partial charge on any atom is -0.618 e. The Morgan fingerprint density at radius 1 is 1.09 bits per heavy atom. The molecule has 2 heterocycles. The first-order valence-electron chi connectivity index (χ1n) is 7.04. The third kappa shape index (κ3) is 3.37. The Morgan fingerprint density at radius 3 is 2.41 bits per heavy atom. The lowest BCUT2D eigenvalue weighted by Crippen LogP contribution is -2.46. The summed E-state index contributed by atoms with van der Waals surface area (Å²) >= 11 is 0. The SMILES string of the molecule is Cl.O=C(c1ccc(-c2cccc[n+]2[O-])cc1)N1CCNCC1. The van der Waals surface area contributed by atoms with Crippen LogP contribution in [0.2, 0.25) is 0 Å². The van der Waals surface area contributed by atoms with Gasteiger partial charge < -0.3 is 15.4 Å². The van der Waals surface area contributed by atoms with Crippen LogP contribution >= 0.6 is 12.4 Å². The summed E-state index contributed by atoms with van der Waals surface area (Å²) in [4.78, 5) is 14.2. The zero-order chi connectivity index (χ0) is 14.7. The summed E-state index contributed by atoms with van der Waals surface area (Å²) in [6, 6.07) is 12.5. The quantitative estimate of drug-likeness (QED) is 0.673. The van der Waals surface area contributed by atoms with Gasteiger partial charge in [0.05, 0.1) is 0 Å². The fraction of sp³-hybridized carbons (Fsp3) is 0.250. The van der Waals surface area contributed by atoms with E-state index in [0.717, 1.165) is 36.5 Å². The van der Waals surface area contributed by atoms with Gasteiger partial charge >= 0.3 is 0 Å². The number of hydrogen-bond donors (Lipinski definition) is 1. The van der Waals surface area contributed by atoms with Crippen molar-refractivity contribution >= 4 is 18.3 Å². The van der Waals surface area contributed by atoms with E-state index in [1.54, 1.807) is 24.3 Å². The molecule has 0 aliphatic carbocycles. The highest BCUT2D eigenvalue weighted by Gasteiger charge is 2.18. The first kappa shape index (κ1) is 16.3. The monoisotopic (exact) mass is 319 g/mol. The second-order valence-corrected chi connectivity index (χ2v) is 5.03. The second-order valence-electron chi connectivity index (χ2n) is 5.03. The van der Waals surface area contributed by atoms with E-state index in [4.69, 9.17) is 0 Å². The highest BCUT2D eigenvalue weighted by molar-refractivity contribution is 5.94. The molecule has 1 fully saturated rings. The molecular formula is C16H18ClN3O2. The second kappa shape index (κ2) is 7.24. The lowest BCUT2D eigenvalue weighted by molar-refractivity contribution is -0.593. The Kier molecular flexibility index (Phi) is 5.35. The summed E-state index contributed by atoms with van der Waals surface area (Å²) in [6.07, 6.45) is 1.47. The third-order valence-electron chi connectivity index (χ3n) is 3.66. The van der Waals surface area contributed by atoms with Crippen molar-refractivity contribution in [1.29, 1.82) is 0 Å². The summed E-state index contributed by atoms with van der Waals surface area (Å²) in [6.45, 7) is 3.15. The van der Waals surface area contributed by atoms with Gasteiger partial charge in [0.1, 0.15) is 0 Å². The summed E-state index contributed by atoms with van der Waals surface area (Å²) in [7, 11) is 0. The first-order valence-corrected chi connectivity index (χ1v) is 7.04. The number of nitrogens with one attached hydrogen (secondary N) is 1. The molecule has 1 aromatic carbocycles. The van der Waals surface area contributed by atoms with Gasteiger partial charge in [0.2, 0.25) is 5.69 Å². The van der Waals surface area contributed by atoms with Gasteiger partial charge in [0, 0.05) is 49.4 Å². The number of benzene rings is 1. The zero-order valence-corrected chi connectivity index (χ0v) is 12.9. The maximum Gasteiger partial charge on any atom is 0.253 e. The molecular weight excluding hydrogens is 302 g/mol. The molecule has 0 radical (unpaired) electrons. The van der Waals surface area contributed by atoms with E-state index in [-0.39, 0.29) is 18.3 Å². The molecule has 1 aliphatic heterocycles. The smallest absolute Gasteiger partial charge is 0.253 e. The molecule has 1 N–H and O–H groups in total. The molecule has 0 bridgehead atoms. The molecule has 6 heteroatoms. The van der Waals surface area contributed by atoms with E-state index < -0.39 is 0 Å². The predicted molar refractivity (Wildman–Crippen MR) is 86.9 cm³/mol. The summed E-state index contributed by atoms with van der Waals surface area (Å²) < 4.78 is 0.827. The van der Waals surface area contributed by atoms with Crippen LogP contribution in [0, 0.1) is 5.21 Å². The minimum absolute atomic E-state index is 0. The van der Waals surface area contributed by atoms with Crippen molar-refractivity contribution in [2.75, 3.05) is 26.2 Å². The molecule has 1 saturated heterocycles. The molecule has 2 aromatic rings. The minimum atomic E-state index is 0. The van der Waals surface area contributed by atoms with Crippen LogP contribution in [0.1, 0.15) is 10.4 Å². The van der Waals surface area contributed by atoms with Crippen LogP contribution in [0.15, 0.2) is 48.7 Å². The van der Waals surface area contributed by atoms with Crippen molar-refractivity contribution in [3.05, 3.63) is 59.4 Å². The van der Waals surface area contributed by atoms with Crippen molar-refractivity contribution < 1.29 is 9.52 Å². The number of amides is 1. The molecule has 0 saturated carbocycles. The van der Waals surface area contributed by atoms with Crippen molar-refractivity contribution in [2.45, 2.75) is 0 Å². The average Bonchev–Trinajstić information content (AvgIpc) is 2.56. The van der Waals surface area contributed by atoms with Gasteiger partial charge in [-0.05, 0) is 30.3 Å². The van der Waals surface area contributed by atoms with Gasteiger partial charge in [-0.15, -0.1) is 12.4 Å². The highest BCUT2D eigenvalue weighted by Crippen LogP contribution is 2.16. The number of halogens is 1. The van der Waals surface area contributed by atoms with Gasteiger partial charge in [-0.1, -0.05) is 0 Å². The fourth-order valence-corrected chi connectivity index (χ4v) is 2.49. The predicted octanol–water partition coefficient (Wildman–Crippen LogP) is 1.45. The molecule has 3 rings (SSSR count). The Balaban J connectivity index is 0.00000176. The molecule has 116 valence electrons. The third-order valence-corrected chi connectivity index (χ3v) is 3.66. The van der Waals surface area contributed by atoms with E-state index in [2.05, 4.69) is 5.32 Å². The maximum atomic E-state index is 12.3. The van der Waals surface area contributed by atoms with Crippen LogP contribution < -0.4 is 10.0 Å². The highest BCUT2D eigenvalue weighted by atomic mass is 35.5. The van der Waals surface area contributed by atoms with Gasteiger partial charge in [0.15, 0.2) is 6.20 Å². The van der Waals surface area contributed by atoms with Crippen LogP contribution in [-0.4, -0.2) is 37.0 Å². The standard InChI is InChI=1S/C16H17N3O2.ClH/c20-16(18-11-8-17-9-12-18)14-6-4-13(5-7-14)15-3-1-2-10-19(15)21;/h1-7,10,17H,8-9,11-12H2;1H. The summed E-state index contributed by atoms with van der Waals surface area (Å²) in [5, 5.41) is 14.9. The number of carbonyl (C=O) groups is 1. The number of hydrogen-bond acceptors (Lipinski definition) is 3.